The van der Waals surface area contributed by atoms with Crippen LogP contribution in [0.15, 0.2) is 47.5 Å². The van der Waals surface area contributed by atoms with Crippen LogP contribution in [0.1, 0.15) is 13.8 Å². The van der Waals surface area contributed by atoms with Gasteiger partial charge >= 0.3 is 5.69 Å². The molecule has 166 valence electrons. The minimum absolute atomic E-state index is 0.0802. The largest absolute Gasteiger partial charge is 0.481 e. The predicted octanol–water partition coefficient (Wildman–Crippen LogP) is 3.47. The Morgan fingerprint density at radius 1 is 1.19 bits per heavy atom. The Morgan fingerprint density at radius 2 is 2.00 bits per heavy atom. The summed E-state index contributed by atoms with van der Waals surface area (Å²) in [5.74, 6) is -2.66. The second-order valence-corrected chi connectivity index (χ2v) is 8.14. The van der Waals surface area contributed by atoms with Crippen LogP contribution >= 0.6 is 0 Å². The third-order valence-electron chi connectivity index (χ3n) is 6.15. The lowest BCUT2D eigenvalue weighted by molar-refractivity contribution is -0.0977. The predicted molar refractivity (Wildman–Crippen MR) is 118 cm³/mol. The van der Waals surface area contributed by atoms with Gasteiger partial charge in [0.15, 0.2) is 0 Å². The molecule has 0 radical (unpaired) electrons. The summed E-state index contributed by atoms with van der Waals surface area (Å²) in [6, 6.07) is 7.88. The number of likely N-dealkylation sites (tertiary alicyclic amines) is 1. The van der Waals surface area contributed by atoms with E-state index >= 15 is 8.78 Å². The Labute approximate surface area is 184 Å². The average molecular weight is 440 g/mol. The van der Waals surface area contributed by atoms with Crippen molar-refractivity contribution in [2.24, 2.45) is 7.05 Å². The molecule has 1 aliphatic heterocycles. The zero-order valence-corrected chi connectivity index (χ0v) is 17.8. The lowest BCUT2D eigenvalue weighted by atomic mass is 10.00. The van der Waals surface area contributed by atoms with Crippen molar-refractivity contribution in [3.05, 3.63) is 53.2 Å². The van der Waals surface area contributed by atoms with Crippen LogP contribution in [0.3, 0.4) is 0 Å². The molecule has 3 aromatic heterocycles. The third kappa shape index (κ3) is 3.15. The van der Waals surface area contributed by atoms with Crippen molar-refractivity contribution in [3.63, 3.8) is 0 Å². The molecule has 1 unspecified atom stereocenters. The summed E-state index contributed by atoms with van der Waals surface area (Å²) < 4.78 is 45.6. The van der Waals surface area contributed by atoms with E-state index in [-0.39, 0.29) is 13.4 Å². The van der Waals surface area contributed by atoms with Gasteiger partial charge in [-0.2, -0.15) is 0 Å². The fraction of sp³-hybridized carbons (Fsp3) is 0.348. The Balaban J connectivity index is 1.73. The lowest BCUT2D eigenvalue weighted by Gasteiger charge is -2.37. The molecule has 0 bridgehead atoms. The number of ether oxygens (including phenoxy) is 1. The molecule has 32 heavy (non-hydrogen) atoms. The van der Waals surface area contributed by atoms with E-state index in [0.717, 1.165) is 11.1 Å². The van der Waals surface area contributed by atoms with E-state index in [9.17, 15) is 4.79 Å². The van der Waals surface area contributed by atoms with Crippen molar-refractivity contribution in [2.75, 3.05) is 27.2 Å². The van der Waals surface area contributed by atoms with Crippen LogP contribution in [0.2, 0.25) is 0 Å². The molecule has 4 aromatic rings. The first-order valence-electron chi connectivity index (χ1n) is 10.9. The van der Waals surface area contributed by atoms with Gasteiger partial charge in [0.05, 0.1) is 36.4 Å². The molecule has 4 heterocycles. The van der Waals surface area contributed by atoms with Gasteiger partial charge in [-0.15, -0.1) is 0 Å². The standard InChI is InChI=1S/C23H23F2N5O2/c1-28-9-8-19(23(24,25)13-28)30-21-16-10-14(15-5-7-20(32-3)27-11-15)4-6-17(16)26-12-18(21)29(2)22(30)31/h4-7,10-12,19H,8-9,13H2,1-3H3/i1D. The quantitative estimate of drug-likeness (QED) is 0.488. The van der Waals surface area contributed by atoms with Gasteiger partial charge in [-0.05, 0) is 37.2 Å². The maximum atomic E-state index is 15.2. The first-order chi connectivity index (χ1) is 15.8. The molecule has 0 amide bonds. The van der Waals surface area contributed by atoms with Crippen LogP contribution < -0.4 is 10.4 Å². The molecule has 1 fully saturated rings. The number of hydrogen-bond donors (Lipinski definition) is 0. The summed E-state index contributed by atoms with van der Waals surface area (Å²) >= 11 is 0. The van der Waals surface area contributed by atoms with Crippen LogP contribution in [0.5, 0.6) is 5.88 Å². The summed E-state index contributed by atoms with van der Waals surface area (Å²) in [5, 5.41) is 0.622. The van der Waals surface area contributed by atoms with Crippen LogP contribution in [0.25, 0.3) is 33.1 Å². The molecule has 9 heteroatoms. The molecule has 7 nitrogen and oxygen atoms in total. The van der Waals surface area contributed by atoms with Crippen LogP contribution in [-0.2, 0) is 7.05 Å². The highest BCUT2D eigenvalue weighted by molar-refractivity contribution is 6.04. The number of nitrogens with zero attached hydrogens (tertiary/aromatic N) is 5. The summed E-state index contributed by atoms with van der Waals surface area (Å²) in [6.45, 7) is -0.214. The molecule has 1 aromatic carbocycles. The Hall–Kier alpha value is -3.33. The van der Waals surface area contributed by atoms with E-state index in [1.54, 1.807) is 32.6 Å². The van der Waals surface area contributed by atoms with Crippen molar-refractivity contribution in [3.8, 4) is 17.0 Å². The zero-order valence-electron chi connectivity index (χ0n) is 18.8. The summed E-state index contributed by atoms with van der Waals surface area (Å²) in [5.41, 5.74) is 2.70. The average Bonchev–Trinajstić information content (AvgIpc) is 3.08. The Morgan fingerprint density at radius 3 is 2.69 bits per heavy atom. The van der Waals surface area contributed by atoms with E-state index in [0.29, 0.717) is 34.4 Å². The van der Waals surface area contributed by atoms with Crippen molar-refractivity contribution < 1.29 is 14.9 Å². The number of aryl methyl sites for hydroxylation is 1. The van der Waals surface area contributed by atoms with E-state index in [1.165, 1.54) is 14.0 Å². The van der Waals surface area contributed by atoms with Crippen LogP contribution in [0.4, 0.5) is 8.78 Å². The molecule has 0 spiro atoms. The third-order valence-corrected chi connectivity index (χ3v) is 6.15. The molecule has 0 N–H and O–H groups in total. The first kappa shape index (κ1) is 19.4. The molecule has 1 aliphatic rings. The van der Waals surface area contributed by atoms with Crippen molar-refractivity contribution >= 4 is 21.9 Å². The van der Waals surface area contributed by atoms with Gasteiger partial charge in [-0.3, -0.25) is 14.1 Å². The van der Waals surface area contributed by atoms with Gasteiger partial charge in [0.1, 0.15) is 6.04 Å². The Bertz CT molecular complexity index is 1400. The number of methoxy groups -OCH3 is 1. The fourth-order valence-corrected chi connectivity index (χ4v) is 4.48. The number of rotatable bonds is 3. The number of fused-ring (bicyclic) bond motifs is 3. The molecule has 5 rings (SSSR count). The topological polar surface area (TPSA) is 65.2 Å². The number of piperidine rings is 1. The molecular formula is C23H23F2N5O2. The maximum Gasteiger partial charge on any atom is 0.329 e. The number of alkyl halides is 2. The van der Waals surface area contributed by atoms with Gasteiger partial charge in [0, 0.05) is 38.2 Å². The number of hydrogen-bond acceptors (Lipinski definition) is 5. The van der Waals surface area contributed by atoms with Crippen LogP contribution in [0, 0.1) is 0 Å². The van der Waals surface area contributed by atoms with Gasteiger partial charge in [-0.25, -0.2) is 18.6 Å². The second kappa shape index (κ2) is 7.37. The van der Waals surface area contributed by atoms with E-state index < -0.39 is 24.2 Å². The second-order valence-electron chi connectivity index (χ2n) is 8.14. The highest BCUT2D eigenvalue weighted by atomic mass is 19.3. The number of pyridine rings is 2. The van der Waals surface area contributed by atoms with Gasteiger partial charge < -0.3 is 9.64 Å². The van der Waals surface area contributed by atoms with Gasteiger partial charge in [0.25, 0.3) is 5.92 Å². The monoisotopic (exact) mass is 440 g/mol. The molecular weight excluding hydrogens is 416 g/mol. The molecule has 0 saturated carbocycles. The zero-order chi connectivity index (χ0) is 23.3. The number of imidazole rings is 1. The van der Waals surface area contributed by atoms with Gasteiger partial charge in [0.2, 0.25) is 5.88 Å². The van der Waals surface area contributed by atoms with Crippen LogP contribution in [-0.4, -0.2) is 57.1 Å². The van der Waals surface area contributed by atoms with Crippen molar-refractivity contribution in [1.29, 1.82) is 0 Å². The highest BCUT2D eigenvalue weighted by Gasteiger charge is 2.46. The number of halogens is 2. The normalized spacial score (nSPS) is 19.4. The van der Waals surface area contributed by atoms with Gasteiger partial charge in [-0.1, -0.05) is 6.07 Å². The number of aromatic nitrogens is 4. The molecule has 1 saturated heterocycles. The van der Waals surface area contributed by atoms with Crippen molar-refractivity contribution in [2.45, 2.75) is 18.4 Å². The maximum absolute atomic E-state index is 15.2. The summed E-state index contributed by atoms with van der Waals surface area (Å²) in [6.07, 6.45) is 3.31. The number of benzene rings is 1. The smallest absolute Gasteiger partial charge is 0.329 e. The SMILES string of the molecule is [2H]CN1CCC(n2c(=O)n(C)c3cnc4ccc(-c5ccc(OC)nc5)cc4c32)C(F)(F)C1. The first-order valence-corrected chi connectivity index (χ1v) is 10.2. The lowest BCUT2D eigenvalue weighted by Crippen LogP contribution is -2.49. The van der Waals surface area contributed by atoms with E-state index in [2.05, 4.69) is 9.97 Å². The van der Waals surface area contributed by atoms with E-state index in [1.807, 2.05) is 24.3 Å². The summed E-state index contributed by atoms with van der Waals surface area (Å²) in [7, 11) is 2.92. The van der Waals surface area contributed by atoms with Crippen molar-refractivity contribution in [1.82, 2.24) is 24.0 Å². The minimum Gasteiger partial charge on any atom is -0.481 e. The summed E-state index contributed by atoms with van der Waals surface area (Å²) in [4.78, 5) is 23.3. The minimum atomic E-state index is -3.15. The van der Waals surface area contributed by atoms with E-state index in [4.69, 9.17) is 6.11 Å². The molecule has 0 aliphatic carbocycles. The Kier molecular flexibility index (Phi) is 4.46. The molecule has 1 atom stereocenters. The highest BCUT2D eigenvalue weighted by Crippen LogP contribution is 2.39. The fourth-order valence-electron chi connectivity index (χ4n) is 4.48.